The van der Waals surface area contributed by atoms with Gasteiger partial charge in [0.25, 0.3) is 0 Å². The lowest BCUT2D eigenvalue weighted by Gasteiger charge is -2.19. The molecule has 0 radical (unpaired) electrons. The molecule has 2 heterocycles. The molecule has 0 fully saturated rings. The molecule has 0 aliphatic heterocycles. The fraction of sp³-hybridized carbons (Fsp3) is 0.333. The molecule has 1 N–H and O–H groups in total. The summed E-state index contributed by atoms with van der Waals surface area (Å²) in [5.41, 5.74) is 3.69. The van der Waals surface area contributed by atoms with Crippen LogP contribution in [0.15, 0.2) is 35.4 Å². The van der Waals surface area contributed by atoms with E-state index in [4.69, 9.17) is 22.2 Å². The van der Waals surface area contributed by atoms with E-state index in [2.05, 4.69) is 54.3 Å². The zero-order valence-corrected chi connectivity index (χ0v) is 18.0. The van der Waals surface area contributed by atoms with Crippen molar-refractivity contribution in [2.24, 2.45) is 12.1 Å². The second-order valence-electron chi connectivity index (χ2n) is 7.81. The Balaban J connectivity index is 1.77. The first-order valence-corrected chi connectivity index (χ1v) is 9.62. The second kappa shape index (κ2) is 8.05. The van der Waals surface area contributed by atoms with Crippen molar-refractivity contribution in [3.05, 3.63) is 63.4 Å². The van der Waals surface area contributed by atoms with Crippen molar-refractivity contribution in [3.8, 4) is 11.8 Å². The smallest absolute Gasteiger partial charge is 0.216 e. The van der Waals surface area contributed by atoms with Crippen molar-refractivity contribution in [2.75, 3.05) is 0 Å². The summed E-state index contributed by atoms with van der Waals surface area (Å²) in [4.78, 5) is 0. The molecular formula is C21H24N6OS. The normalized spacial score (nSPS) is 11.7. The molecule has 0 saturated heterocycles. The van der Waals surface area contributed by atoms with E-state index in [1.165, 1.54) is 10.2 Å². The molecular weight excluding hydrogens is 384 g/mol. The fourth-order valence-corrected chi connectivity index (χ4v) is 3.01. The molecule has 1 aromatic carbocycles. The Morgan fingerprint density at radius 3 is 2.59 bits per heavy atom. The third-order valence-electron chi connectivity index (χ3n) is 4.81. The molecule has 3 aromatic rings. The minimum atomic E-state index is 0.0939. The number of benzene rings is 1. The summed E-state index contributed by atoms with van der Waals surface area (Å²) in [5.74, 6) is 1.31. The zero-order valence-electron chi connectivity index (χ0n) is 17.2. The quantitative estimate of drug-likeness (QED) is 0.506. The van der Waals surface area contributed by atoms with Crippen LogP contribution in [0.2, 0.25) is 0 Å². The summed E-state index contributed by atoms with van der Waals surface area (Å²) >= 11 is 5.28. The molecule has 150 valence electrons. The summed E-state index contributed by atoms with van der Waals surface area (Å²) in [6.45, 7) is 8.67. The van der Waals surface area contributed by atoms with Crippen LogP contribution >= 0.6 is 12.2 Å². The number of nitrogens with one attached hydrogen (secondary N) is 1. The van der Waals surface area contributed by atoms with Crippen molar-refractivity contribution < 1.29 is 4.74 Å². The summed E-state index contributed by atoms with van der Waals surface area (Å²) in [6, 6.07) is 12.0. The first-order chi connectivity index (χ1) is 13.7. The van der Waals surface area contributed by atoms with Crippen molar-refractivity contribution in [1.82, 2.24) is 19.4 Å². The number of ether oxygens (including phenoxy) is 1. The largest absolute Gasteiger partial charge is 0.486 e. The van der Waals surface area contributed by atoms with Gasteiger partial charge in [-0.25, -0.2) is 5.10 Å². The van der Waals surface area contributed by atoms with Gasteiger partial charge in [0.15, 0.2) is 5.82 Å². The minimum Gasteiger partial charge on any atom is -0.486 e. The number of hydrogen-bond acceptors (Lipinski definition) is 5. The molecule has 2 aromatic heterocycles. The highest BCUT2D eigenvalue weighted by Gasteiger charge is 2.13. The molecule has 8 heteroatoms. The highest BCUT2D eigenvalue weighted by atomic mass is 32.1. The number of aromatic amines is 1. The fourth-order valence-electron chi connectivity index (χ4n) is 2.82. The van der Waals surface area contributed by atoms with Crippen LogP contribution in [0.3, 0.4) is 0 Å². The SMILES string of the molecule is Cc1c(/C=N\n2c(COc3ccc(C(C)(C)C)cc3)n[nH]c2=S)cc(C#N)n1C. The molecule has 0 aliphatic rings. The predicted molar refractivity (Wildman–Crippen MR) is 115 cm³/mol. The van der Waals surface area contributed by atoms with Crippen LogP contribution in [0, 0.1) is 23.0 Å². The third-order valence-corrected chi connectivity index (χ3v) is 5.07. The van der Waals surface area contributed by atoms with Gasteiger partial charge in [-0.15, -0.1) is 0 Å². The highest BCUT2D eigenvalue weighted by Crippen LogP contribution is 2.24. The number of rotatable bonds is 5. The molecule has 0 amide bonds. The maximum Gasteiger partial charge on any atom is 0.216 e. The zero-order chi connectivity index (χ0) is 21.2. The van der Waals surface area contributed by atoms with Crippen LogP contribution in [-0.2, 0) is 19.1 Å². The summed E-state index contributed by atoms with van der Waals surface area (Å²) in [6.07, 6.45) is 1.67. The van der Waals surface area contributed by atoms with Crippen LogP contribution in [0.25, 0.3) is 0 Å². The van der Waals surface area contributed by atoms with Gasteiger partial charge >= 0.3 is 0 Å². The average molecular weight is 409 g/mol. The summed E-state index contributed by atoms with van der Waals surface area (Å²) in [5, 5.41) is 20.6. The van der Waals surface area contributed by atoms with Gasteiger partial charge in [-0.1, -0.05) is 32.9 Å². The first-order valence-electron chi connectivity index (χ1n) is 9.21. The van der Waals surface area contributed by atoms with Gasteiger partial charge in [0, 0.05) is 18.3 Å². The van der Waals surface area contributed by atoms with Gasteiger partial charge in [-0.2, -0.15) is 20.1 Å². The number of nitrogens with zero attached hydrogens (tertiary/aromatic N) is 5. The minimum absolute atomic E-state index is 0.0939. The number of H-pyrrole nitrogens is 1. The Labute approximate surface area is 175 Å². The Hall–Kier alpha value is -3.18. The Morgan fingerprint density at radius 1 is 1.31 bits per heavy atom. The van der Waals surface area contributed by atoms with Crippen LogP contribution in [0.4, 0.5) is 0 Å². The van der Waals surface area contributed by atoms with Gasteiger partial charge < -0.3 is 9.30 Å². The van der Waals surface area contributed by atoms with Gasteiger partial charge in [-0.05, 0) is 48.3 Å². The van der Waals surface area contributed by atoms with Gasteiger partial charge in [0.1, 0.15) is 24.1 Å². The van der Waals surface area contributed by atoms with Crippen molar-refractivity contribution in [1.29, 1.82) is 5.26 Å². The van der Waals surface area contributed by atoms with E-state index < -0.39 is 0 Å². The summed E-state index contributed by atoms with van der Waals surface area (Å²) < 4.78 is 9.58. The monoisotopic (exact) mass is 408 g/mol. The average Bonchev–Trinajstić information content (AvgIpc) is 3.17. The van der Waals surface area contributed by atoms with Crippen molar-refractivity contribution >= 4 is 18.4 Å². The lowest BCUT2D eigenvalue weighted by Crippen LogP contribution is -2.10. The third kappa shape index (κ3) is 4.46. The topological polar surface area (TPSA) is 83.9 Å². The van der Waals surface area contributed by atoms with Crippen LogP contribution in [-0.4, -0.2) is 25.7 Å². The van der Waals surface area contributed by atoms with E-state index in [9.17, 15) is 0 Å². The highest BCUT2D eigenvalue weighted by molar-refractivity contribution is 7.71. The molecule has 0 atom stereocenters. The predicted octanol–water partition coefficient (Wildman–Crippen LogP) is 4.22. The molecule has 29 heavy (non-hydrogen) atoms. The Kier molecular flexibility index (Phi) is 5.71. The standard InChI is InChI=1S/C21H24N6OS/c1-14-15(10-17(11-22)26(14)5)12-23-27-19(24-25-20(27)29)13-28-18-8-6-16(7-9-18)21(2,3)4/h6-10,12H,13H2,1-5H3,(H,25,29)/b23-12-. The second-order valence-corrected chi connectivity index (χ2v) is 8.19. The molecule has 0 spiro atoms. The maximum atomic E-state index is 9.17. The van der Waals surface area contributed by atoms with Crippen LogP contribution < -0.4 is 4.74 Å². The van der Waals surface area contributed by atoms with Gasteiger partial charge in [0.2, 0.25) is 4.77 Å². The van der Waals surface area contributed by atoms with E-state index in [0.29, 0.717) is 16.3 Å². The molecule has 7 nitrogen and oxygen atoms in total. The van der Waals surface area contributed by atoms with E-state index in [-0.39, 0.29) is 12.0 Å². The lowest BCUT2D eigenvalue weighted by atomic mass is 9.87. The molecule has 0 aliphatic carbocycles. The molecule has 0 saturated carbocycles. The lowest BCUT2D eigenvalue weighted by molar-refractivity contribution is 0.290. The Bertz CT molecular complexity index is 1140. The number of nitriles is 1. The van der Waals surface area contributed by atoms with Gasteiger partial charge in [-0.3, -0.25) is 0 Å². The van der Waals surface area contributed by atoms with E-state index in [1.54, 1.807) is 12.3 Å². The molecule has 0 bridgehead atoms. The van der Waals surface area contributed by atoms with E-state index in [0.717, 1.165) is 17.0 Å². The van der Waals surface area contributed by atoms with Gasteiger partial charge in [0.05, 0.1) is 6.21 Å². The van der Waals surface area contributed by atoms with Crippen LogP contribution in [0.1, 0.15) is 49.1 Å². The van der Waals surface area contributed by atoms with E-state index >= 15 is 0 Å². The summed E-state index contributed by atoms with van der Waals surface area (Å²) in [7, 11) is 1.85. The van der Waals surface area contributed by atoms with Crippen molar-refractivity contribution in [2.45, 2.75) is 39.7 Å². The first kappa shape index (κ1) is 20.6. The van der Waals surface area contributed by atoms with Crippen molar-refractivity contribution in [3.63, 3.8) is 0 Å². The molecule has 3 rings (SSSR count). The number of aromatic nitrogens is 4. The van der Waals surface area contributed by atoms with Crippen LogP contribution in [0.5, 0.6) is 5.75 Å². The maximum absolute atomic E-state index is 9.17. The number of hydrogen-bond donors (Lipinski definition) is 1. The Morgan fingerprint density at radius 2 is 2.00 bits per heavy atom. The molecule has 0 unspecified atom stereocenters. The van der Waals surface area contributed by atoms with E-state index in [1.807, 2.05) is 30.7 Å².